The molecule has 23 heavy (non-hydrogen) atoms. The van der Waals surface area contributed by atoms with Crippen LogP contribution in [0.5, 0.6) is 0 Å². The summed E-state index contributed by atoms with van der Waals surface area (Å²) in [4.78, 5) is 14.7. The first-order valence-corrected chi connectivity index (χ1v) is 8.65. The predicted octanol–water partition coefficient (Wildman–Crippen LogP) is 5.10. The number of hydrogen-bond donors (Lipinski definition) is 0. The second kappa shape index (κ2) is 7.18. The average molecular weight is 328 g/mol. The smallest absolute Gasteiger partial charge is 0.230 e. The van der Waals surface area contributed by atoms with Gasteiger partial charge in [0.05, 0.1) is 0 Å². The summed E-state index contributed by atoms with van der Waals surface area (Å²) in [5.41, 5.74) is 2.26. The van der Waals surface area contributed by atoms with Crippen molar-refractivity contribution in [2.45, 2.75) is 38.6 Å². The van der Waals surface area contributed by atoms with Crippen molar-refractivity contribution in [1.29, 1.82) is 0 Å². The minimum absolute atomic E-state index is 0.171. The maximum Gasteiger partial charge on any atom is 0.230 e. The number of anilines is 1. The molecule has 2 nitrogen and oxygen atoms in total. The van der Waals surface area contributed by atoms with E-state index in [0.717, 1.165) is 31.4 Å². The Morgan fingerprint density at radius 2 is 1.78 bits per heavy atom. The van der Waals surface area contributed by atoms with E-state index >= 15 is 0 Å². The number of halogens is 1. The summed E-state index contributed by atoms with van der Waals surface area (Å²) in [5, 5.41) is 0.699. The lowest BCUT2D eigenvalue weighted by atomic mass is 10.0. The van der Waals surface area contributed by atoms with Crippen LogP contribution in [0.1, 0.15) is 31.7 Å². The lowest BCUT2D eigenvalue weighted by molar-refractivity contribution is -0.120. The van der Waals surface area contributed by atoms with E-state index < -0.39 is 0 Å². The van der Waals surface area contributed by atoms with Gasteiger partial charge in [-0.15, -0.1) is 0 Å². The van der Waals surface area contributed by atoms with Crippen LogP contribution in [0.3, 0.4) is 0 Å². The zero-order valence-corrected chi connectivity index (χ0v) is 14.2. The molecule has 0 aromatic heterocycles. The molecule has 0 saturated heterocycles. The van der Waals surface area contributed by atoms with Crippen LogP contribution in [-0.2, 0) is 11.2 Å². The van der Waals surface area contributed by atoms with Crippen molar-refractivity contribution >= 4 is 23.2 Å². The molecule has 0 aliphatic heterocycles. The van der Waals surface area contributed by atoms with Crippen LogP contribution < -0.4 is 4.90 Å². The Morgan fingerprint density at radius 3 is 2.39 bits per heavy atom. The summed E-state index contributed by atoms with van der Waals surface area (Å²) in [6.07, 6.45) is 3.97. The third kappa shape index (κ3) is 4.14. The first-order chi connectivity index (χ1) is 11.1. The molecule has 1 aliphatic carbocycles. The average Bonchev–Trinajstić information content (AvgIpc) is 3.41. The Morgan fingerprint density at radius 1 is 1.13 bits per heavy atom. The van der Waals surface area contributed by atoms with Crippen LogP contribution in [0, 0.1) is 5.92 Å². The maximum atomic E-state index is 12.7. The Balaban J connectivity index is 1.74. The van der Waals surface area contributed by atoms with Gasteiger partial charge in [0.1, 0.15) is 0 Å². The van der Waals surface area contributed by atoms with E-state index in [-0.39, 0.29) is 17.9 Å². The third-order valence-corrected chi connectivity index (χ3v) is 4.66. The Labute approximate surface area is 143 Å². The molecular formula is C20H22ClNO. The number of carbonyl (C=O) groups is 1. The molecule has 0 heterocycles. The van der Waals surface area contributed by atoms with Crippen LogP contribution in [0.4, 0.5) is 5.69 Å². The van der Waals surface area contributed by atoms with Crippen LogP contribution in [0.2, 0.25) is 5.02 Å². The number of carbonyl (C=O) groups excluding carboxylic acids is 1. The van der Waals surface area contributed by atoms with E-state index in [4.69, 9.17) is 11.6 Å². The number of aryl methyl sites for hydroxylation is 1. The highest BCUT2D eigenvalue weighted by Gasteiger charge is 2.35. The van der Waals surface area contributed by atoms with Gasteiger partial charge in [0, 0.05) is 22.7 Å². The molecular weight excluding hydrogens is 306 g/mol. The Kier molecular flexibility index (Phi) is 5.02. The zero-order chi connectivity index (χ0) is 16.2. The second-order valence-corrected chi connectivity index (χ2v) is 6.77. The molecule has 1 unspecified atom stereocenters. The van der Waals surface area contributed by atoms with E-state index in [1.165, 1.54) is 5.56 Å². The maximum absolute atomic E-state index is 12.7. The summed E-state index contributed by atoms with van der Waals surface area (Å²) in [6, 6.07) is 18.2. The molecule has 1 amide bonds. The monoisotopic (exact) mass is 327 g/mol. The SMILES string of the molecule is CC(CCc1ccccc1)N(C(=O)C1CC1)c1ccc(Cl)cc1. The van der Waals surface area contributed by atoms with Crippen molar-refractivity contribution in [3.8, 4) is 0 Å². The molecule has 1 aliphatic rings. The molecule has 0 N–H and O–H groups in total. The number of hydrogen-bond acceptors (Lipinski definition) is 1. The number of nitrogens with zero attached hydrogens (tertiary/aromatic N) is 1. The minimum atomic E-state index is 0.171. The van der Waals surface area contributed by atoms with Crippen molar-refractivity contribution < 1.29 is 4.79 Å². The normalized spacial score (nSPS) is 15.2. The first kappa shape index (κ1) is 16.1. The van der Waals surface area contributed by atoms with Gasteiger partial charge in [0.25, 0.3) is 0 Å². The standard InChI is InChI=1S/C20H22ClNO/c1-15(7-8-16-5-3-2-4-6-16)22(20(23)17-9-10-17)19-13-11-18(21)12-14-19/h2-6,11-15,17H,7-10H2,1H3. The largest absolute Gasteiger partial charge is 0.309 e. The summed E-state index contributed by atoms with van der Waals surface area (Å²) < 4.78 is 0. The first-order valence-electron chi connectivity index (χ1n) is 8.27. The van der Waals surface area contributed by atoms with Gasteiger partial charge in [-0.25, -0.2) is 0 Å². The molecule has 1 saturated carbocycles. The van der Waals surface area contributed by atoms with Crippen LogP contribution in [0.15, 0.2) is 54.6 Å². The van der Waals surface area contributed by atoms with Gasteiger partial charge in [0.15, 0.2) is 0 Å². The van der Waals surface area contributed by atoms with Crippen molar-refractivity contribution in [2.75, 3.05) is 4.90 Å². The quantitative estimate of drug-likeness (QED) is 0.722. The molecule has 2 aromatic carbocycles. The van der Waals surface area contributed by atoms with Gasteiger partial charge in [-0.2, -0.15) is 0 Å². The van der Waals surface area contributed by atoms with Crippen LogP contribution in [-0.4, -0.2) is 11.9 Å². The second-order valence-electron chi connectivity index (χ2n) is 6.33. The van der Waals surface area contributed by atoms with Gasteiger partial charge >= 0.3 is 0 Å². The molecule has 0 spiro atoms. The fourth-order valence-electron chi connectivity index (χ4n) is 2.88. The molecule has 2 aromatic rings. The highest BCUT2D eigenvalue weighted by atomic mass is 35.5. The summed E-state index contributed by atoms with van der Waals surface area (Å²) in [7, 11) is 0. The van der Waals surface area contributed by atoms with E-state index in [1.54, 1.807) is 0 Å². The van der Waals surface area contributed by atoms with Crippen LogP contribution in [0.25, 0.3) is 0 Å². The zero-order valence-electron chi connectivity index (χ0n) is 13.4. The molecule has 0 radical (unpaired) electrons. The van der Waals surface area contributed by atoms with E-state index in [9.17, 15) is 4.79 Å². The molecule has 120 valence electrons. The van der Waals surface area contributed by atoms with E-state index in [1.807, 2.05) is 35.2 Å². The van der Waals surface area contributed by atoms with Crippen molar-refractivity contribution in [3.05, 3.63) is 65.2 Å². The van der Waals surface area contributed by atoms with Gasteiger partial charge in [-0.1, -0.05) is 41.9 Å². The van der Waals surface area contributed by atoms with Crippen molar-refractivity contribution in [2.24, 2.45) is 5.92 Å². The number of benzene rings is 2. The lowest BCUT2D eigenvalue weighted by Gasteiger charge is -2.30. The van der Waals surface area contributed by atoms with Gasteiger partial charge < -0.3 is 4.90 Å². The Hall–Kier alpha value is -1.80. The minimum Gasteiger partial charge on any atom is -0.309 e. The Bertz CT molecular complexity index is 649. The number of rotatable bonds is 6. The topological polar surface area (TPSA) is 20.3 Å². The van der Waals surface area contributed by atoms with Crippen LogP contribution >= 0.6 is 11.6 Å². The van der Waals surface area contributed by atoms with Gasteiger partial charge in [-0.05, 0) is 62.4 Å². The molecule has 0 bridgehead atoms. The molecule has 1 atom stereocenters. The molecule has 3 rings (SSSR count). The van der Waals surface area contributed by atoms with E-state index in [2.05, 4.69) is 31.2 Å². The fraction of sp³-hybridized carbons (Fsp3) is 0.350. The highest BCUT2D eigenvalue weighted by Crippen LogP contribution is 2.34. The van der Waals surface area contributed by atoms with E-state index in [0.29, 0.717) is 5.02 Å². The lowest BCUT2D eigenvalue weighted by Crippen LogP contribution is -2.40. The van der Waals surface area contributed by atoms with Gasteiger partial charge in [0.2, 0.25) is 5.91 Å². The fourth-order valence-corrected chi connectivity index (χ4v) is 3.00. The summed E-state index contributed by atoms with van der Waals surface area (Å²) >= 11 is 5.99. The third-order valence-electron chi connectivity index (χ3n) is 4.40. The van der Waals surface area contributed by atoms with Crippen molar-refractivity contribution in [3.63, 3.8) is 0 Å². The number of amides is 1. The molecule has 1 fully saturated rings. The van der Waals surface area contributed by atoms with Crippen molar-refractivity contribution in [1.82, 2.24) is 0 Å². The predicted molar refractivity (Wildman–Crippen MR) is 95.9 cm³/mol. The van der Waals surface area contributed by atoms with Gasteiger partial charge in [-0.3, -0.25) is 4.79 Å². The summed E-state index contributed by atoms with van der Waals surface area (Å²) in [5.74, 6) is 0.470. The highest BCUT2D eigenvalue weighted by molar-refractivity contribution is 6.30. The summed E-state index contributed by atoms with van der Waals surface area (Å²) in [6.45, 7) is 2.14. The molecule has 3 heteroatoms.